The lowest BCUT2D eigenvalue weighted by atomic mass is 10.1. The summed E-state index contributed by atoms with van der Waals surface area (Å²) in [5, 5.41) is 7.01. The second-order valence-electron chi connectivity index (χ2n) is 11.2. The summed E-state index contributed by atoms with van der Waals surface area (Å²) in [5.74, 6) is 1.95. The van der Waals surface area contributed by atoms with Gasteiger partial charge >= 0.3 is 6.18 Å². The number of aromatic nitrogens is 4. The van der Waals surface area contributed by atoms with Gasteiger partial charge in [0.15, 0.2) is 0 Å². The van der Waals surface area contributed by atoms with Crippen molar-refractivity contribution in [2.24, 2.45) is 0 Å². The summed E-state index contributed by atoms with van der Waals surface area (Å²) in [7, 11) is 0.00476. The maximum absolute atomic E-state index is 13.9. The van der Waals surface area contributed by atoms with E-state index in [-0.39, 0.29) is 27.7 Å². The molecule has 1 atom stereocenters. The van der Waals surface area contributed by atoms with Crippen LogP contribution in [0.3, 0.4) is 0 Å². The molecule has 0 radical (unpaired) electrons. The molecule has 4 aromatic rings. The van der Waals surface area contributed by atoms with Gasteiger partial charge in [0.05, 0.1) is 21.2 Å². The molecule has 45 heavy (non-hydrogen) atoms. The predicted octanol–water partition coefficient (Wildman–Crippen LogP) is 4.17. The molecule has 0 aliphatic carbocycles. The van der Waals surface area contributed by atoms with Crippen LogP contribution in [0.15, 0.2) is 52.4 Å². The molecule has 1 fully saturated rings. The molecule has 1 unspecified atom stereocenters. The zero-order chi connectivity index (χ0) is 32.5. The van der Waals surface area contributed by atoms with E-state index in [0.29, 0.717) is 23.5 Å². The van der Waals surface area contributed by atoms with Gasteiger partial charge in [-0.1, -0.05) is 11.6 Å². The highest BCUT2D eigenvalue weighted by Gasteiger charge is 2.33. The number of nitrogens with zero attached hydrogens (tertiary/aromatic N) is 6. The highest BCUT2D eigenvalue weighted by molar-refractivity contribution is 8.00. The lowest BCUT2D eigenvalue weighted by Gasteiger charge is -2.30. The summed E-state index contributed by atoms with van der Waals surface area (Å²) in [6.45, 7) is 6.60. The highest BCUT2D eigenvalue weighted by atomic mass is 35.5. The van der Waals surface area contributed by atoms with Crippen LogP contribution in [0.25, 0.3) is 22.3 Å². The van der Waals surface area contributed by atoms with Crippen molar-refractivity contribution in [1.82, 2.24) is 29.7 Å². The lowest BCUT2D eigenvalue weighted by molar-refractivity contribution is -0.105. The quantitative estimate of drug-likeness (QED) is 0.256. The Bertz CT molecular complexity index is 1890. The average Bonchev–Trinajstić information content (AvgIpc) is 2.96. The molecule has 0 spiro atoms. The molecule has 10 nitrogen and oxygen atoms in total. The van der Waals surface area contributed by atoms with Crippen LogP contribution in [0.1, 0.15) is 5.56 Å². The fourth-order valence-corrected chi connectivity index (χ4v) is 6.79. The van der Waals surface area contributed by atoms with Gasteiger partial charge in [-0.25, -0.2) is 4.98 Å². The first-order valence-electron chi connectivity index (χ1n) is 14.2. The van der Waals surface area contributed by atoms with Crippen molar-refractivity contribution in [3.8, 4) is 11.3 Å². The fraction of sp³-hybridized carbons (Fsp3) is 0.367. The summed E-state index contributed by atoms with van der Waals surface area (Å²) in [4.78, 5) is 31.2. The Balaban J connectivity index is 1.51. The maximum atomic E-state index is 13.9. The van der Waals surface area contributed by atoms with Gasteiger partial charge in [-0.05, 0) is 62.8 Å². The molecule has 1 aliphatic rings. The minimum atomic E-state index is -4.69. The van der Waals surface area contributed by atoms with Crippen LogP contribution < -0.4 is 21.1 Å². The number of benzene rings is 1. The summed E-state index contributed by atoms with van der Waals surface area (Å²) in [5.41, 5.74) is 3.16. The van der Waals surface area contributed by atoms with E-state index in [9.17, 15) is 22.2 Å². The van der Waals surface area contributed by atoms with Crippen molar-refractivity contribution in [1.29, 1.82) is 0 Å². The Morgan fingerprint density at radius 3 is 2.51 bits per heavy atom. The monoisotopic (exact) mass is 662 g/mol. The zero-order valence-electron chi connectivity index (χ0n) is 25.1. The molecule has 1 saturated heterocycles. The van der Waals surface area contributed by atoms with Crippen molar-refractivity contribution in [2.75, 3.05) is 62.8 Å². The number of halogens is 4. The number of alkyl halides is 3. The molecule has 1 aliphatic heterocycles. The van der Waals surface area contributed by atoms with Crippen molar-refractivity contribution in [3.05, 3.63) is 63.7 Å². The number of rotatable bonds is 9. The van der Waals surface area contributed by atoms with E-state index in [2.05, 4.69) is 49.3 Å². The fourth-order valence-electron chi connectivity index (χ4n) is 5.19. The zero-order valence-corrected chi connectivity index (χ0v) is 26.7. The number of anilines is 3. The lowest BCUT2D eigenvalue weighted by Crippen LogP contribution is -2.43. The third kappa shape index (κ3) is 7.57. The minimum absolute atomic E-state index is 0.0374. The van der Waals surface area contributed by atoms with E-state index in [1.54, 1.807) is 12.3 Å². The smallest absolute Gasteiger partial charge is 0.369 e. The van der Waals surface area contributed by atoms with E-state index >= 15 is 0 Å². The number of hydrogen-bond acceptors (Lipinski definition) is 9. The van der Waals surface area contributed by atoms with Crippen molar-refractivity contribution in [3.63, 3.8) is 0 Å². The average molecular weight is 663 g/mol. The topological polar surface area (TPSA) is 108 Å². The van der Waals surface area contributed by atoms with E-state index in [4.69, 9.17) is 11.6 Å². The summed E-state index contributed by atoms with van der Waals surface area (Å²) < 4.78 is 53.1. The highest BCUT2D eigenvalue weighted by Crippen LogP contribution is 2.30. The Hall–Kier alpha value is -3.72. The van der Waals surface area contributed by atoms with Gasteiger partial charge in [0.1, 0.15) is 11.4 Å². The number of pyridine rings is 2. The van der Waals surface area contributed by atoms with Crippen LogP contribution in [0, 0.1) is 6.92 Å². The van der Waals surface area contributed by atoms with E-state index in [1.165, 1.54) is 10.3 Å². The third-order valence-corrected chi connectivity index (χ3v) is 9.57. The van der Waals surface area contributed by atoms with Crippen molar-refractivity contribution < 1.29 is 17.4 Å². The molecule has 1 aromatic carbocycles. The van der Waals surface area contributed by atoms with Crippen LogP contribution in [-0.2, 0) is 16.1 Å². The number of piperazine rings is 1. The second-order valence-corrected chi connectivity index (χ2v) is 14.0. The first kappa shape index (κ1) is 32.7. The van der Waals surface area contributed by atoms with E-state index in [0.717, 1.165) is 49.7 Å². The summed E-state index contributed by atoms with van der Waals surface area (Å²) in [6, 6.07) is 8.74. The first-order valence-corrected chi connectivity index (χ1v) is 16.5. The molecule has 2 N–H and O–H groups in total. The molecule has 15 heteroatoms. The molecule has 4 heterocycles. The molecular formula is C30H34ClF3N8O2S. The summed E-state index contributed by atoms with van der Waals surface area (Å²) in [6.07, 6.45) is -2.09. The minimum Gasteiger partial charge on any atom is -0.369 e. The molecule has 3 aromatic heterocycles. The standard InChI is InChI=1S/C30H34ClF3N8O2S/c1-19-13-21(5-6-25(19)41-9-7-35-8-10-41)38-29-37-16-20-14-23(28(43)42(27(20)39-29)12-11-40(2)3)26-24(31)15-22(17-36-26)45(4,44)18-30(32,33)34/h5-6,13-17,35H,4,7-12,18H2,1-3H3,(H,37,38,39). The SMILES string of the molecule is C=S(=O)(CC(F)(F)F)c1cnc(-c2cc3cnc(Nc4ccc(N5CCNCC5)c(C)c4)nc3n(CCN(C)C)c2=O)c(Cl)c1. The Morgan fingerprint density at radius 1 is 1.13 bits per heavy atom. The van der Waals surface area contributed by atoms with Gasteiger partial charge in [-0.2, -0.15) is 18.2 Å². The normalized spacial score (nSPS) is 15.4. The van der Waals surface area contributed by atoms with E-state index in [1.807, 2.05) is 31.1 Å². The van der Waals surface area contributed by atoms with Crippen LogP contribution in [0.5, 0.6) is 0 Å². The number of likely N-dealkylation sites (N-methyl/N-ethyl adjacent to an activating group) is 1. The third-order valence-electron chi connectivity index (χ3n) is 7.41. The van der Waals surface area contributed by atoms with Crippen molar-refractivity contribution >= 4 is 55.3 Å². The van der Waals surface area contributed by atoms with Crippen LogP contribution >= 0.6 is 11.6 Å². The number of aryl methyl sites for hydroxylation is 1. The van der Waals surface area contributed by atoms with Gasteiger partial charge in [-0.3, -0.25) is 18.6 Å². The van der Waals surface area contributed by atoms with Gasteiger partial charge in [0.2, 0.25) is 5.95 Å². The Labute approximate surface area is 264 Å². The Kier molecular flexibility index (Phi) is 9.40. The molecular weight excluding hydrogens is 629 g/mol. The van der Waals surface area contributed by atoms with Crippen LogP contribution in [-0.4, -0.2) is 93.2 Å². The van der Waals surface area contributed by atoms with Gasteiger partial charge in [-0.15, -0.1) is 0 Å². The van der Waals surface area contributed by atoms with E-state index < -0.39 is 27.0 Å². The molecule has 5 rings (SSSR count). The number of fused-ring (bicyclic) bond motifs is 1. The Morgan fingerprint density at radius 2 is 1.87 bits per heavy atom. The maximum Gasteiger partial charge on any atom is 0.400 e. The molecule has 240 valence electrons. The summed E-state index contributed by atoms with van der Waals surface area (Å²) >= 11 is 6.43. The second kappa shape index (κ2) is 12.9. The van der Waals surface area contributed by atoms with Crippen LogP contribution in [0.4, 0.5) is 30.5 Å². The van der Waals surface area contributed by atoms with Gasteiger partial charge in [0.25, 0.3) is 5.56 Å². The molecule has 0 saturated carbocycles. The number of hydrogen-bond donors (Lipinski definition) is 2. The largest absolute Gasteiger partial charge is 0.400 e. The van der Waals surface area contributed by atoms with Gasteiger partial charge < -0.3 is 20.4 Å². The molecule has 0 amide bonds. The predicted molar refractivity (Wildman–Crippen MR) is 175 cm³/mol. The van der Waals surface area contributed by atoms with Crippen molar-refractivity contribution in [2.45, 2.75) is 24.5 Å². The van der Waals surface area contributed by atoms with Crippen LogP contribution in [0.2, 0.25) is 5.02 Å². The molecule has 0 bridgehead atoms. The first-order chi connectivity index (χ1) is 21.2. The number of nitrogens with one attached hydrogen (secondary N) is 2. The van der Waals surface area contributed by atoms with Gasteiger partial charge in [0, 0.05) is 77.9 Å².